The first-order chi connectivity index (χ1) is 9.84. The number of carbonyl (C=O) groups excluding carboxylic acids is 1. The molecule has 1 heterocycles. The molecule has 1 unspecified atom stereocenters. The molecule has 0 spiro atoms. The third-order valence-corrected chi connectivity index (χ3v) is 4.28. The Labute approximate surface area is 130 Å². The number of benzene rings is 1. The van der Waals surface area contributed by atoms with Gasteiger partial charge in [0, 0.05) is 24.1 Å². The highest BCUT2D eigenvalue weighted by Crippen LogP contribution is 2.31. The van der Waals surface area contributed by atoms with E-state index < -0.39 is 0 Å². The molecule has 5 heteroatoms. The van der Waals surface area contributed by atoms with Gasteiger partial charge in [0.15, 0.2) is 5.17 Å². The van der Waals surface area contributed by atoms with Crippen molar-refractivity contribution in [2.24, 2.45) is 10.4 Å². The summed E-state index contributed by atoms with van der Waals surface area (Å²) in [5.74, 6) is 1.04. The molecule has 21 heavy (non-hydrogen) atoms. The number of carbonyl (C=O) groups is 1. The Morgan fingerprint density at radius 2 is 1.86 bits per heavy atom. The average molecular weight is 305 g/mol. The van der Waals surface area contributed by atoms with Crippen LogP contribution in [0.1, 0.15) is 34.1 Å². The van der Waals surface area contributed by atoms with Crippen molar-refractivity contribution in [1.82, 2.24) is 0 Å². The first-order valence-electron chi connectivity index (χ1n) is 7.20. The minimum absolute atomic E-state index is 0.0593. The highest BCUT2D eigenvalue weighted by atomic mass is 32.2. The Bertz CT molecular complexity index is 531. The van der Waals surface area contributed by atoms with E-state index in [1.807, 2.05) is 24.3 Å². The summed E-state index contributed by atoms with van der Waals surface area (Å²) in [4.78, 5) is 15.8. The van der Waals surface area contributed by atoms with E-state index in [2.05, 4.69) is 31.4 Å². The van der Waals surface area contributed by atoms with Crippen LogP contribution in [-0.2, 0) is 4.79 Å². The summed E-state index contributed by atoms with van der Waals surface area (Å²) in [5.41, 5.74) is 1.99. The van der Waals surface area contributed by atoms with Crippen molar-refractivity contribution < 1.29 is 4.79 Å². The number of hydrogen-bond acceptors (Lipinski definition) is 4. The van der Waals surface area contributed by atoms with E-state index in [0.717, 1.165) is 28.7 Å². The second kappa shape index (κ2) is 6.52. The van der Waals surface area contributed by atoms with Crippen LogP contribution in [0.4, 0.5) is 11.4 Å². The summed E-state index contributed by atoms with van der Waals surface area (Å²) in [6, 6.07) is 8.04. The molecule has 1 aliphatic heterocycles. The van der Waals surface area contributed by atoms with Gasteiger partial charge in [0.25, 0.3) is 0 Å². The number of amides is 1. The summed E-state index contributed by atoms with van der Waals surface area (Å²) in [6.07, 6.45) is 1.13. The molecule has 1 aromatic carbocycles. The fraction of sp³-hybridized carbons (Fsp3) is 0.500. The summed E-state index contributed by atoms with van der Waals surface area (Å²) in [7, 11) is 0. The van der Waals surface area contributed by atoms with Gasteiger partial charge in [-0.25, -0.2) is 0 Å². The molecule has 0 aliphatic carbocycles. The number of rotatable bonds is 2. The molecule has 1 aromatic rings. The van der Waals surface area contributed by atoms with Crippen molar-refractivity contribution in [2.75, 3.05) is 16.4 Å². The number of amidine groups is 1. The van der Waals surface area contributed by atoms with Gasteiger partial charge in [-0.3, -0.25) is 9.79 Å². The number of aliphatic imine (C=N–C) groups is 1. The van der Waals surface area contributed by atoms with Gasteiger partial charge in [0.1, 0.15) is 0 Å². The maximum atomic E-state index is 11.0. The van der Waals surface area contributed by atoms with E-state index in [1.54, 1.807) is 11.8 Å². The lowest BCUT2D eigenvalue weighted by Gasteiger charge is -2.31. The van der Waals surface area contributed by atoms with E-state index in [-0.39, 0.29) is 11.3 Å². The number of hydrogen-bond donors (Lipinski definition) is 2. The molecule has 0 bridgehead atoms. The van der Waals surface area contributed by atoms with E-state index >= 15 is 0 Å². The first kappa shape index (κ1) is 15.9. The maximum absolute atomic E-state index is 11.0. The highest BCUT2D eigenvalue weighted by molar-refractivity contribution is 8.14. The fourth-order valence-electron chi connectivity index (χ4n) is 2.17. The molecule has 2 rings (SSSR count). The van der Waals surface area contributed by atoms with Crippen LogP contribution in [0.5, 0.6) is 0 Å². The van der Waals surface area contributed by atoms with Crippen LogP contribution in [0.3, 0.4) is 0 Å². The van der Waals surface area contributed by atoms with Crippen LogP contribution in [0.2, 0.25) is 0 Å². The molecular formula is C16H23N3OS. The zero-order valence-electron chi connectivity index (χ0n) is 13.1. The highest BCUT2D eigenvalue weighted by Gasteiger charge is 2.27. The number of nitrogens with zero attached hydrogens (tertiary/aromatic N) is 1. The molecule has 114 valence electrons. The predicted molar refractivity (Wildman–Crippen MR) is 92.1 cm³/mol. The lowest BCUT2D eigenvalue weighted by Crippen LogP contribution is -2.30. The summed E-state index contributed by atoms with van der Waals surface area (Å²) in [6.45, 7) is 8.21. The van der Waals surface area contributed by atoms with Gasteiger partial charge in [-0.2, -0.15) is 0 Å². The molecule has 0 aromatic heterocycles. The summed E-state index contributed by atoms with van der Waals surface area (Å²) in [5, 5.41) is 7.10. The van der Waals surface area contributed by atoms with Crippen LogP contribution in [-0.4, -0.2) is 22.9 Å². The molecule has 1 aliphatic rings. The van der Waals surface area contributed by atoms with Crippen molar-refractivity contribution in [3.8, 4) is 0 Å². The largest absolute Gasteiger partial charge is 0.335 e. The average Bonchev–Trinajstić information content (AvgIpc) is 2.40. The third-order valence-electron chi connectivity index (χ3n) is 3.36. The fourth-order valence-corrected chi connectivity index (χ4v) is 3.10. The Morgan fingerprint density at radius 1 is 1.24 bits per heavy atom. The summed E-state index contributed by atoms with van der Waals surface area (Å²) < 4.78 is 0. The smallest absolute Gasteiger partial charge is 0.221 e. The lowest BCUT2D eigenvalue weighted by molar-refractivity contribution is -0.114. The Morgan fingerprint density at radius 3 is 2.43 bits per heavy atom. The van der Waals surface area contributed by atoms with Crippen molar-refractivity contribution in [2.45, 2.75) is 40.2 Å². The standard InChI is InChI=1S/C16H23N3OS/c1-11(20)17-12-5-7-13(8-6-12)18-15-19-14(9-10-21-15)16(2,3)4/h5-8,14H,9-10H2,1-4H3,(H,17,20)(H,18,19). The minimum atomic E-state index is -0.0593. The van der Waals surface area contributed by atoms with E-state index in [0.29, 0.717) is 6.04 Å². The molecule has 0 saturated heterocycles. The molecule has 1 atom stereocenters. The lowest BCUT2D eigenvalue weighted by atomic mass is 9.85. The zero-order valence-corrected chi connectivity index (χ0v) is 13.9. The quantitative estimate of drug-likeness (QED) is 0.869. The Hall–Kier alpha value is -1.49. The molecule has 0 saturated carbocycles. The monoisotopic (exact) mass is 305 g/mol. The van der Waals surface area contributed by atoms with E-state index in [1.165, 1.54) is 6.92 Å². The van der Waals surface area contributed by atoms with Crippen LogP contribution in [0, 0.1) is 5.41 Å². The van der Waals surface area contributed by atoms with E-state index in [4.69, 9.17) is 4.99 Å². The number of nitrogens with one attached hydrogen (secondary N) is 2. The van der Waals surface area contributed by atoms with Gasteiger partial charge in [0.2, 0.25) is 5.91 Å². The minimum Gasteiger partial charge on any atom is -0.335 e. The van der Waals surface area contributed by atoms with Crippen LogP contribution < -0.4 is 10.6 Å². The number of thioether (sulfide) groups is 1. The van der Waals surface area contributed by atoms with E-state index in [9.17, 15) is 4.79 Å². The van der Waals surface area contributed by atoms with Crippen LogP contribution in [0.25, 0.3) is 0 Å². The van der Waals surface area contributed by atoms with Gasteiger partial charge in [-0.15, -0.1) is 0 Å². The second-order valence-corrected chi connectivity index (χ2v) is 7.42. The van der Waals surface area contributed by atoms with Gasteiger partial charge < -0.3 is 10.6 Å². The predicted octanol–water partition coefficient (Wildman–Crippen LogP) is 3.96. The molecule has 0 fully saturated rings. The Balaban J connectivity index is 2.04. The molecule has 2 N–H and O–H groups in total. The van der Waals surface area contributed by atoms with Gasteiger partial charge >= 0.3 is 0 Å². The molecule has 4 nitrogen and oxygen atoms in total. The molecular weight excluding hydrogens is 282 g/mol. The van der Waals surface area contributed by atoms with Gasteiger partial charge in [0.05, 0.1) is 6.04 Å². The topological polar surface area (TPSA) is 53.5 Å². The van der Waals surface area contributed by atoms with Crippen molar-refractivity contribution in [3.05, 3.63) is 24.3 Å². The van der Waals surface area contributed by atoms with Gasteiger partial charge in [-0.05, 0) is 36.1 Å². The SMILES string of the molecule is CC(=O)Nc1ccc(NC2=NC(C(C)(C)C)CCS2)cc1. The molecule has 1 amide bonds. The van der Waals surface area contributed by atoms with Crippen LogP contribution >= 0.6 is 11.8 Å². The molecule has 0 radical (unpaired) electrons. The Kier molecular flexibility index (Phi) is 4.93. The first-order valence-corrected chi connectivity index (χ1v) is 8.18. The van der Waals surface area contributed by atoms with Crippen molar-refractivity contribution >= 4 is 34.2 Å². The zero-order chi connectivity index (χ0) is 15.5. The normalized spacial score (nSPS) is 18.9. The van der Waals surface area contributed by atoms with Gasteiger partial charge in [-0.1, -0.05) is 32.5 Å². The van der Waals surface area contributed by atoms with Crippen LogP contribution in [0.15, 0.2) is 29.3 Å². The van der Waals surface area contributed by atoms with Crippen molar-refractivity contribution in [1.29, 1.82) is 0 Å². The maximum Gasteiger partial charge on any atom is 0.221 e. The summed E-state index contributed by atoms with van der Waals surface area (Å²) >= 11 is 1.76. The number of anilines is 2. The third kappa shape index (κ3) is 4.77. The van der Waals surface area contributed by atoms with Crippen molar-refractivity contribution in [3.63, 3.8) is 0 Å². The second-order valence-electron chi connectivity index (χ2n) is 6.34.